The first-order valence-corrected chi connectivity index (χ1v) is 4.10. The smallest absolute Gasteiger partial charge is 0.158 e. The monoisotopic (exact) mass is 176 g/mol. The highest BCUT2D eigenvalue weighted by Gasteiger charge is 2.05. The third kappa shape index (κ3) is 2.15. The van der Waals surface area contributed by atoms with Crippen LogP contribution in [0, 0.1) is 11.3 Å². The molecule has 0 saturated heterocycles. The fourth-order valence-corrected chi connectivity index (χ4v) is 0.826. The van der Waals surface area contributed by atoms with Gasteiger partial charge in [0.15, 0.2) is 5.69 Å². The van der Waals surface area contributed by atoms with Gasteiger partial charge in [0, 0.05) is 13.1 Å². The lowest BCUT2D eigenvalue weighted by Gasteiger charge is -2.21. The maximum absolute atomic E-state index is 8.51. The van der Waals surface area contributed by atoms with Gasteiger partial charge in [-0.3, -0.25) is 0 Å². The number of anilines is 1. The van der Waals surface area contributed by atoms with Crippen LogP contribution in [0.1, 0.15) is 19.5 Å². The summed E-state index contributed by atoms with van der Waals surface area (Å²) in [4.78, 5) is 10.0. The minimum absolute atomic E-state index is 0.348. The quantitative estimate of drug-likeness (QED) is 0.679. The molecule has 1 aromatic heterocycles. The molecule has 0 fully saturated rings. The molecule has 1 rings (SSSR count). The van der Waals surface area contributed by atoms with E-state index in [1.54, 1.807) is 6.20 Å². The molecule has 1 aromatic rings. The minimum Gasteiger partial charge on any atom is -0.356 e. The molecule has 13 heavy (non-hydrogen) atoms. The topological polar surface area (TPSA) is 52.8 Å². The van der Waals surface area contributed by atoms with Crippen LogP contribution in [0.25, 0.3) is 0 Å². The second-order valence-corrected chi connectivity index (χ2v) is 3.08. The lowest BCUT2D eigenvalue weighted by Crippen LogP contribution is -2.26. The minimum atomic E-state index is 0.348. The van der Waals surface area contributed by atoms with Crippen LogP contribution < -0.4 is 4.90 Å². The van der Waals surface area contributed by atoms with Crippen LogP contribution in [-0.4, -0.2) is 23.1 Å². The van der Waals surface area contributed by atoms with Gasteiger partial charge in [-0.2, -0.15) is 5.26 Å². The van der Waals surface area contributed by atoms with Crippen LogP contribution >= 0.6 is 0 Å². The number of nitriles is 1. The highest BCUT2D eigenvalue weighted by molar-refractivity contribution is 5.36. The third-order valence-electron chi connectivity index (χ3n) is 1.89. The second-order valence-electron chi connectivity index (χ2n) is 3.08. The number of nitrogens with zero attached hydrogens (tertiary/aromatic N) is 4. The van der Waals surface area contributed by atoms with E-state index in [0.717, 1.165) is 5.82 Å². The Kier molecular flexibility index (Phi) is 2.80. The van der Waals surface area contributed by atoms with E-state index >= 15 is 0 Å². The molecule has 0 aromatic carbocycles. The summed E-state index contributed by atoms with van der Waals surface area (Å²) in [5.41, 5.74) is 0.348. The van der Waals surface area contributed by atoms with Crippen LogP contribution in [0.15, 0.2) is 12.4 Å². The van der Waals surface area contributed by atoms with Crippen molar-refractivity contribution < 1.29 is 0 Å². The Balaban J connectivity index is 2.87. The molecular weight excluding hydrogens is 164 g/mol. The lowest BCUT2D eigenvalue weighted by atomic mass is 10.3. The van der Waals surface area contributed by atoms with Crippen molar-refractivity contribution in [2.24, 2.45) is 0 Å². The summed E-state index contributed by atoms with van der Waals surface area (Å²) in [6.45, 7) is 4.14. The Morgan fingerprint density at radius 2 is 2.08 bits per heavy atom. The molecular formula is C9H12N4. The number of aromatic nitrogens is 2. The highest BCUT2D eigenvalue weighted by Crippen LogP contribution is 2.09. The zero-order chi connectivity index (χ0) is 9.84. The Morgan fingerprint density at radius 1 is 1.38 bits per heavy atom. The van der Waals surface area contributed by atoms with Gasteiger partial charge in [-0.25, -0.2) is 9.97 Å². The Labute approximate surface area is 77.8 Å². The molecule has 1 heterocycles. The molecule has 4 nitrogen and oxygen atoms in total. The van der Waals surface area contributed by atoms with Crippen LogP contribution in [0.4, 0.5) is 5.82 Å². The van der Waals surface area contributed by atoms with E-state index in [2.05, 4.69) is 23.8 Å². The summed E-state index contributed by atoms with van der Waals surface area (Å²) in [7, 11) is 1.95. The fourth-order valence-electron chi connectivity index (χ4n) is 0.826. The van der Waals surface area contributed by atoms with Crippen molar-refractivity contribution in [3.63, 3.8) is 0 Å². The van der Waals surface area contributed by atoms with Gasteiger partial charge < -0.3 is 4.90 Å². The van der Waals surface area contributed by atoms with Crippen LogP contribution in [0.2, 0.25) is 0 Å². The van der Waals surface area contributed by atoms with E-state index < -0.39 is 0 Å². The van der Waals surface area contributed by atoms with Gasteiger partial charge in [0.25, 0.3) is 0 Å². The fraction of sp³-hybridized carbons (Fsp3) is 0.444. The van der Waals surface area contributed by atoms with Crippen molar-refractivity contribution in [1.29, 1.82) is 5.26 Å². The summed E-state index contributed by atoms with van der Waals surface area (Å²) in [5.74, 6) is 0.786. The second kappa shape index (κ2) is 3.85. The molecule has 0 aliphatic rings. The molecule has 0 spiro atoms. The van der Waals surface area contributed by atoms with E-state index in [1.807, 2.05) is 18.0 Å². The largest absolute Gasteiger partial charge is 0.356 e. The van der Waals surface area contributed by atoms with Crippen molar-refractivity contribution in [2.75, 3.05) is 11.9 Å². The van der Waals surface area contributed by atoms with Gasteiger partial charge in [0.2, 0.25) is 0 Å². The molecule has 0 aliphatic carbocycles. The van der Waals surface area contributed by atoms with Crippen LogP contribution in [0.3, 0.4) is 0 Å². The maximum Gasteiger partial charge on any atom is 0.158 e. The molecule has 0 unspecified atom stereocenters. The summed E-state index contributed by atoms with van der Waals surface area (Å²) in [5, 5.41) is 8.51. The molecule has 0 atom stereocenters. The van der Waals surface area contributed by atoms with Crippen molar-refractivity contribution in [3.05, 3.63) is 18.1 Å². The summed E-state index contributed by atoms with van der Waals surface area (Å²) in [6, 6.07) is 2.31. The number of rotatable bonds is 2. The van der Waals surface area contributed by atoms with Crippen LogP contribution in [-0.2, 0) is 0 Å². The normalized spacial score (nSPS) is 9.77. The first kappa shape index (κ1) is 9.46. The molecule has 0 bridgehead atoms. The molecule has 0 saturated carbocycles. The van der Waals surface area contributed by atoms with Gasteiger partial charge in [-0.1, -0.05) is 0 Å². The van der Waals surface area contributed by atoms with E-state index in [1.165, 1.54) is 6.20 Å². The molecule has 68 valence electrons. The van der Waals surface area contributed by atoms with E-state index in [9.17, 15) is 0 Å². The summed E-state index contributed by atoms with van der Waals surface area (Å²) >= 11 is 0. The zero-order valence-corrected chi connectivity index (χ0v) is 8.02. The van der Waals surface area contributed by atoms with Gasteiger partial charge in [0.05, 0.1) is 12.4 Å². The van der Waals surface area contributed by atoms with Crippen molar-refractivity contribution >= 4 is 5.82 Å². The number of hydrogen-bond acceptors (Lipinski definition) is 4. The van der Waals surface area contributed by atoms with Crippen molar-refractivity contribution in [3.8, 4) is 6.07 Å². The first-order chi connectivity index (χ1) is 6.15. The standard InChI is InChI=1S/C9H12N4/c1-7(2)13(3)9-6-11-8(4-10)5-12-9/h5-7H,1-3H3. The predicted octanol–water partition coefficient (Wildman–Crippen LogP) is 1.19. The predicted molar refractivity (Wildman–Crippen MR) is 50.3 cm³/mol. The maximum atomic E-state index is 8.51. The highest BCUT2D eigenvalue weighted by atomic mass is 15.2. The molecule has 0 radical (unpaired) electrons. The van der Waals surface area contributed by atoms with Crippen molar-refractivity contribution in [2.45, 2.75) is 19.9 Å². The first-order valence-electron chi connectivity index (χ1n) is 4.10. The molecule has 0 aliphatic heterocycles. The Hall–Kier alpha value is -1.63. The molecule has 0 amide bonds. The van der Waals surface area contributed by atoms with E-state index in [0.29, 0.717) is 11.7 Å². The average Bonchev–Trinajstić information content (AvgIpc) is 2.17. The van der Waals surface area contributed by atoms with Crippen molar-refractivity contribution in [1.82, 2.24) is 9.97 Å². The van der Waals surface area contributed by atoms with Gasteiger partial charge in [0.1, 0.15) is 11.9 Å². The Bertz CT molecular complexity index is 309. The van der Waals surface area contributed by atoms with Gasteiger partial charge in [-0.05, 0) is 13.8 Å². The number of hydrogen-bond donors (Lipinski definition) is 0. The van der Waals surface area contributed by atoms with E-state index in [-0.39, 0.29) is 0 Å². The Morgan fingerprint density at radius 3 is 2.46 bits per heavy atom. The molecule has 0 N–H and O–H groups in total. The van der Waals surface area contributed by atoms with Crippen LogP contribution in [0.5, 0.6) is 0 Å². The van der Waals surface area contributed by atoms with Gasteiger partial charge >= 0.3 is 0 Å². The third-order valence-corrected chi connectivity index (χ3v) is 1.89. The lowest BCUT2D eigenvalue weighted by molar-refractivity contribution is 0.740. The summed E-state index contributed by atoms with van der Waals surface area (Å²) < 4.78 is 0. The molecule has 4 heteroatoms. The average molecular weight is 176 g/mol. The van der Waals surface area contributed by atoms with Gasteiger partial charge in [-0.15, -0.1) is 0 Å². The SMILES string of the molecule is CC(C)N(C)c1cnc(C#N)cn1. The zero-order valence-electron chi connectivity index (χ0n) is 8.02. The summed E-state index contributed by atoms with van der Waals surface area (Å²) in [6.07, 6.45) is 3.09. The van der Waals surface area contributed by atoms with E-state index in [4.69, 9.17) is 5.26 Å².